The van der Waals surface area contributed by atoms with Gasteiger partial charge in [-0.15, -0.1) is 0 Å². The lowest BCUT2D eigenvalue weighted by Crippen LogP contribution is -2.44. The summed E-state index contributed by atoms with van der Waals surface area (Å²) in [6.07, 6.45) is 0. The molecular formula is C26H29N7O2S2. The van der Waals surface area contributed by atoms with Gasteiger partial charge < -0.3 is 15.5 Å². The van der Waals surface area contributed by atoms with Crippen LogP contribution < -0.4 is 15.5 Å². The van der Waals surface area contributed by atoms with Gasteiger partial charge in [0.05, 0.1) is 10.6 Å². The van der Waals surface area contributed by atoms with Crippen LogP contribution in [0.15, 0.2) is 75.6 Å². The molecule has 0 radical (unpaired) electrons. The molecule has 4 aromatic rings. The second-order valence-corrected chi connectivity index (χ2v) is 12.0. The highest BCUT2D eigenvalue weighted by Crippen LogP contribution is 2.33. The van der Waals surface area contributed by atoms with Crippen molar-refractivity contribution >= 4 is 39.1 Å². The zero-order valence-corrected chi connectivity index (χ0v) is 22.4. The first-order valence-electron chi connectivity index (χ1n) is 12.1. The van der Waals surface area contributed by atoms with Crippen LogP contribution in [-0.4, -0.2) is 54.8 Å². The van der Waals surface area contributed by atoms with Gasteiger partial charge >= 0.3 is 0 Å². The van der Waals surface area contributed by atoms with Crippen LogP contribution >= 0.6 is 11.8 Å². The molecule has 2 aromatic heterocycles. The van der Waals surface area contributed by atoms with Crippen LogP contribution in [0.25, 0.3) is 0 Å². The zero-order valence-electron chi connectivity index (χ0n) is 20.7. The highest BCUT2D eigenvalue weighted by Gasteiger charge is 2.20. The van der Waals surface area contributed by atoms with E-state index >= 15 is 0 Å². The summed E-state index contributed by atoms with van der Waals surface area (Å²) in [6, 6.07) is 18.0. The minimum absolute atomic E-state index is 0.0306. The molecule has 3 heterocycles. The van der Waals surface area contributed by atoms with Gasteiger partial charge in [-0.05, 0) is 55.4 Å². The van der Waals surface area contributed by atoms with Gasteiger partial charge in [0, 0.05) is 48.4 Å². The molecule has 0 unspecified atom stereocenters. The number of anilines is 3. The van der Waals surface area contributed by atoms with Crippen LogP contribution in [0, 0.1) is 13.8 Å². The molecule has 2 aromatic carbocycles. The molecule has 0 amide bonds. The van der Waals surface area contributed by atoms with E-state index in [2.05, 4.69) is 25.7 Å². The Hall–Kier alpha value is -3.41. The predicted molar refractivity (Wildman–Crippen MR) is 146 cm³/mol. The summed E-state index contributed by atoms with van der Waals surface area (Å²) in [5, 5.41) is 14.5. The van der Waals surface area contributed by atoms with E-state index in [0.29, 0.717) is 21.7 Å². The summed E-state index contributed by atoms with van der Waals surface area (Å²) in [5.74, 6) is 2.24. The highest BCUT2D eigenvalue weighted by atomic mass is 32.2. The molecule has 0 spiro atoms. The zero-order chi connectivity index (χ0) is 25.8. The fourth-order valence-corrected chi connectivity index (χ4v) is 6.24. The number of aromatic nitrogens is 4. The predicted octanol–water partition coefficient (Wildman–Crippen LogP) is 4.09. The van der Waals surface area contributed by atoms with Gasteiger partial charge in [0.25, 0.3) is 0 Å². The number of hydrogen-bond acceptors (Lipinski definition) is 9. The Morgan fingerprint density at radius 3 is 2.41 bits per heavy atom. The topological polar surface area (TPSA) is 116 Å². The fourth-order valence-electron chi connectivity index (χ4n) is 4.14. The maximum Gasteiger partial charge on any atom is 0.196 e. The Balaban J connectivity index is 1.40. The summed E-state index contributed by atoms with van der Waals surface area (Å²) in [4.78, 5) is 13.1. The minimum atomic E-state index is -3.44. The Morgan fingerprint density at radius 1 is 1.00 bits per heavy atom. The number of aryl methyl sites for hydroxylation is 1. The second kappa shape index (κ2) is 10.9. The van der Waals surface area contributed by atoms with E-state index < -0.39 is 9.84 Å². The van der Waals surface area contributed by atoms with Gasteiger partial charge in [0.1, 0.15) is 11.6 Å². The van der Waals surface area contributed by atoms with Crippen LogP contribution in [0.1, 0.15) is 16.8 Å². The largest absolute Gasteiger partial charge is 0.354 e. The number of piperazine rings is 1. The van der Waals surface area contributed by atoms with Crippen molar-refractivity contribution in [3.05, 3.63) is 77.5 Å². The highest BCUT2D eigenvalue weighted by molar-refractivity contribution is 7.99. The van der Waals surface area contributed by atoms with Crippen molar-refractivity contribution < 1.29 is 8.42 Å². The van der Waals surface area contributed by atoms with Crippen molar-refractivity contribution in [3.63, 3.8) is 0 Å². The molecule has 11 heteroatoms. The molecule has 1 aliphatic rings. The number of rotatable bonds is 8. The number of nitrogens with one attached hydrogen (secondary N) is 3. The first kappa shape index (κ1) is 25.2. The van der Waals surface area contributed by atoms with Gasteiger partial charge in [0.2, 0.25) is 0 Å². The molecule has 0 aliphatic carbocycles. The monoisotopic (exact) mass is 535 g/mol. The van der Waals surface area contributed by atoms with Crippen molar-refractivity contribution in [3.8, 4) is 0 Å². The molecule has 0 atom stereocenters. The van der Waals surface area contributed by atoms with Crippen LogP contribution in [0.3, 0.4) is 0 Å². The quantitative estimate of drug-likeness (QED) is 0.287. The van der Waals surface area contributed by atoms with E-state index in [1.165, 1.54) is 11.8 Å². The normalized spacial score (nSPS) is 14.1. The third kappa shape index (κ3) is 6.12. The lowest BCUT2D eigenvalue weighted by molar-refractivity contribution is 0.581. The number of H-pyrrole nitrogens is 1. The molecular weight excluding hydrogens is 506 g/mol. The Kier molecular flexibility index (Phi) is 7.45. The summed E-state index contributed by atoms with van der Waals surface area (Å²) in [5.41, 5.74) is 2.67. The van der Waals surface area contributed by atoms with Gasteiger partial charge in [-0.1, -0.05) is 30.3 Å². The van der Waals surface area contributed by atoms with Gasteiger partial charge in [-0.3, -0.25) is 5.10 Å². The molecule has 0 bridgehead atoms. The Labute approximate surface area is 221 Å². The number of aromatic amines is 1. The summed E-state index contributed by atoms with van der Waals surface area (Å²) >= 11 is 1.40. The average molecular weight is 536 g/mol. The lowest BCUT2D eigenvalue weighted by Gasteiger charge is -2.30. The Morgan fingerprint density at radius 2 is 1.73 bits per heavy atom. The number of sulfone groups is 1. The van der Waals surface area contributed by atoms with Crippen LogP contribution in [0.4, 0.5) is 17.5 Å². The Bertz CT molecular complexity index is 1470. The van der Waals surface area contributed by atoms with Gasteiger partial charge in [-0.25, -0.2) is 18.4 Å². The maximum atomic E-state index is 12.9. The SMILES string of the molecule is Cc1cc(Nc2nc(Sc3ccc(S(=O)(=O)Cc4ccccc4)cc3)nc(N3CCNCC3)c2C)n[nH]1. The van der Waals surface area contributed by atoms with Crippen molar-refractivity contribution in [1.82, 2.24) is 25.5 Å². The van der Waals surface area contributed by atoms with Crippen LogP contribution in [0.2, 0.25) is 0 Å². The third-order valence-corrected chi connectivity index (χ3v) is 8.64. The smallest absolute Gasteiger partial charge is 0.196 e. The second-order valence-electron chi connectivity index (χ2n) is 8.92. The van der Waals surface area contributed by atoms with E-state index in [0.717, 1.165) is 53.7 Å². The van der Waals surface area contributed by atoms with Crippen LogP contribution in [-0.2, 0) is 15.6 Å². The molecule has 5 rings (SSSR count). The van der Waals surface area contributed by atoms with E-state index in [1.54, 1.807) is 24.3 Å². The fraction of sp³-hybridized carbons (Fsp3) is 0.269. The molecule has 9 nitrogen and oxygen atoms in total. The summed E-state index contributed by atoms with van der Waals surface area (Å²) in [6.45, 7) is 7.47. The number of hydrogen-bond donors (Lipinski definition) is 3. The first-order valence-corrected chi connectivity index (χ1v) is 14.5. The van der Waals surface area contributed by atoms with E-state index in [4.69, 9.17) is 9.97 Å². The van der Waals surface area contributed by atoms with Crippen molar-refractivity contribution in [2.24, 2.45) is 0 Å². The molecule has 0 saturated carbocycles. The summed E-state index contributed by atoms with van der Waals surface area (Å²) in [7, 11) is -3.44. The molecule has 3 N–H and O–H groups in total. The van der Waals surface area contributed by atoms with Crippen molar-refractivity contribution in [2.75, 3.05) is 36.4 Å². The number of nitrogens with zero attached hydrogens (tertiary/aromatic N) is 4. The van der Waals surface area contributed by atoms with Gasteiger partial charge in [0.15, 0.2) is 20.8 Å². The number of benzene rings is 2. The average Bonchev–Trinajstić information content (AvgIpc) is 3.31. The standard InChI is InChI=1S/C26H29N7O2S2/c1-18-16-23(32-31-18)28-24-19(2)25(33-14-12-27-13-15-33)30-26(29-24)36-21-8-10-22(11-9-21)37(34,35)17-20-6-4-3-5-7-20/h3-11,16,27H,12-15,17H2,1-2H3,(H2,28,29,30,31,32). The van der Waals surface area contributed by atoms with Crippen molar-refractivity contribution in [2.45, 2.75) is 34.5 Å². The van der Waals surface area contributed by atoms with E-state index in [-0.39, 0.29) is 5.75 Å². The molecule has 1 fully saturated rings. The first-order chi connectivity index (χ1) is 17.9. The molecule has 1 aliphatic heterocycles. The van der Waals surface area contributed by atoms with E-state index in [1.807, 2.05) is 50.2 Å². The lowest BCUT2D eigenvalue weighted by atomic mass is 10.2. The van der Waals surface area contributed by atoms with E-state index in [9.17, 15) is 8.42 Å². The molecule has 1 saturated heterocycles. The van der Waals surface area contributed by atoms with Crippen LogP contribution in [0.5, 0.6) is 0 Å². The van der Waals surface area contributed by atoms with Gasteiger partial charge in [-0.2, -0.15) is 5.10 Å². The maximum absolute atomic E-state index is 12.9. The summed E-state index contributed by atoms with van der Waals surface area (Å²) < 4.78 is 25.8. The van der Waals surface area contributed by atoms with Crippen molar-refractivity contribution in [1.29, 1.82) is 0 Å². The third-order valence-electron chi connectivity index (χ3n) is 6.06. The molecule has 192 valence electrons. The minimum Gasteiger partial charge on any atom is -0.354 e. The molecule has 37 heavy (non-hydrogen) atoms.